The first-order chi connectivity index (χ1) is 7.27. The molecule has 0 aromatic carbocycles. The molecule has 0 radical (unpaired) electrons. The van der Waals surface area contributed by atoms with E-state index in [2.05, 4.69) is 11.8 Å². The summed E-state index contributed by atoms with van der Waals surface area (Å²) in [5.74, 6) is 0. The zero-order valence-corrected chi connectivity index (χ0v) is 9.58. The van der Waals surface area contributed by atoms with E-state index in [-0.39, 0.29) is 11.6 Å². The number of carbonyl (C=O) groups excluding carboxylic acids is 1. The van der Waals surface area contributed by atoms with E-state index < -0.39 is 0 Å². The molecule has 2 heterocycles. The van der Waals surface area contributed by atoms with Gasteiger partial charge in [0.05, 0.1) is 11.6 Å². The summed E-state index contributed by atoms with van der Waals surface area (Å²) < 4.78 is 5.54. The molecule has 2 rings (SSSR count). The van der Waals surface area contributed by atoms with Gasteiger partial charge in [0.25, 0.3) is 0 Å². The lowest BCUT2D eigenvalue weighted by Gasteiger charge is -2.46. The van der Waals surface area contributed by atoms with Crippen molar-refractivity contribution >= 4 is 6.29 Å². The van der Waals surface area contributed by atoms with Crippen LogP contribution in [0.25, 0.3) is 0 Å². The second-order valence-corrected chi connectivity index (χ2v) is 4.90. The van der Waals surface area contributed by atoms with Gasteiger partial charge in [-0.25, -0.2) is 0 Å². The number of carbonyl (C=O) groups is 1. The smallest absolute Gasteiger partial charge is 0.140 e. The summed E-state index contributed by atoms with van der Waals surface area (Å²) in [6.07, 6.45) is 6.95. The van der Waals surface area contributed by atoms with Crippen LogP contribution in [0.5, 0.6) is 0 Å². The Morgan fingerprint density at radius 3 is 2.67 bits per heavy atom. The molecule has 2 fully saturated rings. The van der Waals surface area contributed by atoms with Gasteiger partial charge in [-0.1, -0.05) is 6.42 Å². The summed E-state index contributed by atoms with van der Waals surface area (Å²) in [6.45, 7) is 4.98. The summed E-state index contributed by atoms with van der Waals surface area (Å²) in [7, 11) is 0. The van der Waals surface area contributed by atoms with Gasteiger partial charge in [-0.05, 0) is 45.7 Å². The van der Waals surface area contributed by atoms with Crippen LogP contribution in [-0.4, -0.2) is 42.5 Å². The van der Waals surface area contributed by atoms with Gasteiger partial charge in [0.2, 0.25) is 0 Å². The van der Waals surface area contributed by atoms with Crippen molar-refractivity contribution in [2.24, 2.45) is 0 Å². The molecule has 0 aliphatic carbocycles. The van der Waals surface area contributed by atoms with Crippen LogP contribution < -0.4 is 0 Å². The number of aldehydes is 1. The Labute approximate surface area is 91.8 Å². The summed E-state index contributed by atoms with van der Waals surface area (Å²) in [6, 6.07) is 0. The van der Waals surface area contributed by atoms with Crippen LogP contribution in [0.4, 0.5) is 0 Å². The molecule has 3 heteroatoms. The number of piperidine rings is 1. The highest BCUT2D eigenvalue weighted by Gasteiger charge is 2.40. The van der Waals surface area contributed by atoms with Gasteiger partial charge in [0.15, 0.2) is 0 Å². The van der Waals surface area contributed by atoms with Crippen LogP contribution in [0.3, 0.4) is 0 Å². The quantitative estimate of drug-likeness (QED) is 0.650. The predicted molar refractivity (Wildman–Crippen MR) is 58.9 cm³/mol. The van der Waals surface area contributed by atoms with Gasteiger partial charge >= 0.3 is 0 Å². The lowest BCUT2D eigenvalue weighted by molar-refractivity contribution is -0.131. The van der Waals surface area contributed by atoms with Gasteiger partial charge in [-0.15, -0.1) is 0 Å². The average Bonchev–Trinajstić information content (AvgIpc) is 2.30. The summed E-state index contributed by atoms with van der Waals surface area (Å²) >= 11 is 0. The van der Waals surface area contributed by atoms with Crippen molar-refractivity contribution in [3.63, 3.8) is 0 Å². The van der Waals surface area contributed by atoms with Crippen molar-refractivity contribution in [1.82, 2.24) is 4.90 Å². The SMILES string of the molecule is CC1CC(C=O)(N2CCCCC2)CCO1. The fraction of sp³-hybridized carbons (Fsp3) is 0.917. The van der Waals surface area contributed by atoms with Gasteiger partial charge in [-0.3, -0.25) is 4.90 Å². The molecule has 0 N–H and O–H groups in total. The highest BCUT2D eigenvalue weighted by Crippen LogP contribution is 2.31. The molecule has 2 aliphatic rings. The molecule has 15 heavy (non-hydrogen) atoms. The molecule has 0 bridgehead atoms. The molecule has 2 atom stereocenters. The first kappa shape index (κ1) is 11.1. The highest BCUT2D eigenvalue weighted by atomic mass is 16.5. The fourth-order valence-corrected chi connectivity index (χ4v) is 2.90. The third kappa shape index (κ3) is 2.23. The minimum atomic E-state index is -0.210. The van der Waals surface area contributed by atoms with Gasteiger partial charge < -0.3 is 9.53 Å². The first-order valence-corrected chi connectivity index (χ1v) is 6.10. The Morgan fingerprint density at radius 2 is 2.07 bits per heavy atom. The summed E-state index contributed by atoms with van der Waals surface area (Å²) in [5, 5.41) is 0. The summed E-state index contributed by atoms with van der Waals surface area (Å²) in [4.78, 5) is 13.8. The van der Waals surface area contributed by atoms with E-state index in [0.29, 0.717) is 0 Å². The van der Waals surface area contributed by atoms with Crippen molar-refractivity contribution in [3.05, 3.63) is 0 Å². The molecular weight excluding hydrogens is 190 g/mol. The second kappa shape index (κ2) is 4.62. The Kier molecular flexibility index (Phi) is 3.42. The molecule has 3 nitrogen and oxygen atoms in total. The van der Waals surface area contributed by atoms with Gasteiger partial charge in [0, 0.05) is 6.61 Å². The maximum atomic E-state index is 11.4. The van der Waals surface area contributed by atoms with E-state index in [1.807, 2.05) is 0 Å². The maximum Gasteiger partial charge on any atom is 0.140 e. The van der Waals surface area contributed by atoms with Crippen molar-refractivity contribution in [3.8, 4) is 0 Å². The number of ether oxygens (including phenoxy) is 1. The molecule has 0 spiro atoms. The van der Waals surface area contributed by atoms with Gasteiger partial charge in [-0.2, -0.15) is 0 Å². The average molecular weight is 211 g/mol. The molecule has 2 saturated heterocycles. The summed E-state index contributed by atoms with van der Waals surface area (Å²) in [5.41, 5.74) is -0.210. The Hall–Kier alpha value is -0.410. The number of nitrogens with zero attached hydrogens (tertiary/aromatic N) is 1. The lowest BCUT2D eigenvalue weighted by atomic mass is 9.85. The third-order valence-corrected chi connectivity index (χ3v) is 3.78. The zero-order chi connectivity index (χ0) is 10.7. The predicted octanol–water partition coefficient (Wildman–Crippen LogP) is 1.61. The van der Waals surface area contributed by atoms with E-state index in [1.54, 1.807) is 0 Å². The molecule has 2 unspecified atom stereocenters. The maximum absolute atomic E-state index is 11.4. The van der Waals surface area contributed by atoms with E-state index in [4.69, 9.17) is 4.74 Å². The van der Waals surface area contributed by atoms with Crippen LogP contribution in [0.2, 0.25) is 0 Å². The van der Waals surface area contributed by atoms with E-state index >= 15 is 0 Å². The Balaban J connectivity index is 2.08. The second-order valence-electron chi connectivity index (χ2n) is 4.90. The molecule has 0 amide bonds. The van der Waals surface area contributed by atoms with Crippen LogP contribution in [0, 0.1) is 0 Å². The standard InChI is InChI=1S/C12H21NO2/c1-11-9-12(10-14,5-8-15-11)13-6-3-2-4-7-13/h10-11H,2-9H2,1H3. The van der Waals surface area contributed by atoms with Gasteiger partial charge in [0.1, 0.15) is 6.29 Å². The third-order valence-electron chi connectivity index (χ3n) is 3.78. The zero-order valence-electron chi connectivity index (χ0n) is 9.58. The number of hydrogen-bond donors (Lipinski definition) is 0. The molecule has 86 valence electrons. The molecule has 0 saturated carbocycles. The highest BCUT2D eigenvalue weighted by molar-refractivity contribution is 5.64. The number of rotatable bonds is 2. The normalized spacial score (nSPS) is 38.9. The van der Waals surface area contributed by atoms with Crippen LogP contribution >= 0.6 is 0 Å². The monoisotopic (exact) mass is 211 g/mol. The van der Waals surface area contributed by atoms with Crippen molar-refractivity contribution in [2.45, 2.75) is 50.7 Å². The van der Waals surface area contributed by atoms with E-state index in [1.165, 1.54) is 25.5 Å². The number of hydrogen-bond acceptors (Lipinski definition) is 3. The molecule has 0 aromatic rings. The van der Waals surface area contributed by atoms with Crippen molar-refractivity contribution < 1.29 is 9.53 Å². The van der Waals surface area contributed by atoms with E-state index in [0.717, 1.165) is 32.5 Å². The first-order valence-electron chi connectivity index (χ1n) is 6.10. The molecule has 2 aliphatic heterocycles. The minimum absolute atomic E-state index is 0.210. The Bertz CT molecular complexity index is 226. The molecule has 0 aromatic heterocycles. The largest absolute Gasteiger partial charge is 0.378 e. The van der Waals surface area contributed by atoms with Crippen molar-refractivity contribution in [2.75, 3.05) is 19.7 Å². The van der Waals surface area contributed by atoms with Crippen LogP contribution in [0.15, 0.2) is 0 Å². The lowest BCUT2D eigenvalue weighted by Crippen LogP contribution is -2.56. The fourth-order valence-electron chi connectivity index (χ4n) is 2.90. The molecular formula is C12H21NO2. The van der Waals surface area contributed by atoms with Crippen LogP contribution in [0.1, 0.15) is 39.0 Å². The topological polar surface area (TPSA) is 29.5 Å². The number of likely N-dealkylation sites (tertiary alicyclic amines) is 1. The van der Waals surface area contributed by atoms with Crippen molar-refractivity contribution in [1.29, 1.82) is 0 Å². The minimum Gasteiger partial charge on any atom is -0.378 e. The Morgan fingerprint density at radius 1 is 1.33 bits per heavy atom. The van der Waals surface area contributed by atoms with E-state index in [9.17, 15) is 4.79 Å². The van der Waals surface area contributed by atoms with Crippen LogP contribution in [-0.2, 0) is 9.53 Å².